The van der Waals surface area contributed by atoms with Crippen LogP contribution in [0, 0.1) is 0 Å². The number of rotatable bonds is 9. The summed E-state index contributed by atoms with van der Waals surface area (Å²) in [7, 11) is 0. The number of nitrogens with zero attached hydrogens (tertiary/aromatic N) is 2. The molecule has 0 aliphatic carbocycles. The van der Waals surface area contributed by atoms with Gasteiger partial charge in [-0.05, 0) is 56.4 Å². The number of carboxylic acids is 1. The smallest absolute Gasteiger partial charge is 0.336 e. The van der Waals surface area contributed by atoms with Gasteiger partial charge in [-0.25, -0.2) is 9.59 Å². The van der Waals surface area contributed by atoms with Crippen LogP contribution in [-0.2, 0) is 18.5 Å². The summed E-state index contributed by atoms with van der Waals surface area (Å²) in [6.07, 6.45) is 7.56. The van der Waals surface area contributed by atoms with E-state index in [9.17, 15) is 14.7 Å². The first-order valence-electron chi connectivity index (χ1n) is 11.5. The highest BCUT2D eigenvalue weighted by Gasteiger charge is 2.20. The van der Waals surface area contributed by atoms with Crippen molar-refractivity contribution in [2.24, 2.45) is 0 Å². The Hall–Kier alpha value is -3.08. The second kappa shape index (κ2) is 10.0. The maximum absolute atomic E-state index is 13.2. The highest BCUT2D eigenvalue weighted by molar-refractivity contribution is 5.95. The quantitative estimate of drug-likeness (QED) is 0.424. The van der Waals surface area contributed by atoms with Crippen LogP contribution in [0.5, 0.6) is 0 Å². The topological polar surface area (TPSA) is 64.2 Å². The predicted molar refractivity (Wildman–Crippen MR) is 129 cm³/mol. The van der Waals surface area contributed by atoms with Crippen molar-refractivity contribution in [3.63, 3.8) is 0 Å². The van der Waals surface area contributed by atoms with Gasteiger partial charge >= 0.3 is 11.7 Å². The largest absolute Gasteiger partial charge is 0.478 e. The predicted octanol–water partition coefficient (Wildman–Crippen LogP) is 5.94. The average Bonchev–Trinajstić information content (AvgIpc) is 3.07. The SMILES string of the molecule is CCCCCCc1cn(C(C)(C)C)c(=O)n1Cc1ccc(-c2ccccc2C(=O)O)cc1. The van der Waals surface area contributed by atoms with Gasteiger partial charge in [-0.15, -0.1) is 0 Å². The molecular formula is C27H34N2O3. The van der Waals surface area contributed by atoms with E-state index in [-0.39, 0.29) is 16.8 Å². The van der Waals surface area contributed by atoms with Crippen LogP contribution in [0.2, 0.25) is 0 Å². The van der Waals surface area contributed by atoms with Crippen molar-refractivity contribution >= 4 is 5.97 Å². The highest BCUT2D eigenvalue weighted by atomic mass is 16.4. The van der Waals surface area contributed by atoms with E-state index in [1.54, 1.807) is 12.1 Å². The molecule has 170 valence electrons. The van der Waals surface area contributed by atoms with Crippen LogP contribution >= 0.6 is 0 Å². The van der Waals surface area contributed by atoms with Crippen molar-refractivity contribution in [2.45, 2.75) is 71.9 Å². The fourth-order valence-electron chi connectivity index (χ4n) is 4.00. The summed E-state index contributed by atoms with van der Waals surface area (Å²) in [6.45, 7) is 8.85. The molecule has 5 heteroatoms. The number of aromatic nitrogens is 2. The van der Waals surface area contributed by atoms with E-state index in [1.807, 2.05) is 72.5 Å². The van der Waals surface area contributed by atoms with Crippen LogP contribution in [0.15, 0.2) is 59.5 Å². The van der Waals surface area contributed by atoms with Gasteiger partial charge in [0, 0.05) is 17.4 Å². The summed E-state index contributed by atoms with van der Waals surface area (Å²) in [5.74, 6) is -0.938. The lowest BCUT2D eigenvalue weighted by Crippen LogP contribution is -2.34. The van der Waals surface area contributed by atoms with Crippen LogP contribution in [0.4, 0.5) is 0 Å². The van der Waals surface area contributed by atoms with Gasteiger partial charge in [-0.2, -0.15) is 0 Å². The minimum absolute atomic E-state index is 0.0169. The fourth-order valence-corrected chi connectivity index (χ4v) is 4.00. The molecular weight excluding hydrogens is 400 g/mol. The van der Waals surface area contributed by atoms with Gasteiger partial charge in [0.1, 0.15) is 0 Å². The van der Waals surface area contributed by atoms with E-state index < -0.39 is 5.97 Å². The monoisotopic (exact) mass is 434 g/mol. The molecule has 2 aromatic carbocycles. The Kier molecular flexibility index (Phi) is 7.39. The van der Waals surface area contributed by atoms with E-state index in [0.717, 1.165) is 29.7 Å². The fraction of sp³-hybridized carbons (Fsp3) is 0.407. The molecule has 0 fully saturated rings. The van der Waals surface area contributed by atoms with E-state index in [2.05, 4.69) is 6.92 Å². The molecule has 0 unspecified atom stereocenters. The first-order chi connectivity index (χ1) is 15.2. The Morgan fingerprint density at radius 3 is 2.28 bits per heavy atom. The summed E-state index contributed by atoms with van der Waals surface area (Å²) >= 11 is 0. The van der Waals surface area contributed by atoms with E-state index in [4.69, 9.17) is 0 Å². The van der Waals surface area contributed by atoms with Crippen molar-refractivity contribution in [3.8, 4) is 11.1 Å². The lowest BCUT2D eigenvalue weighted by atomic mass is 9.99. The third-order valence-corrected chi connectivity index (χ3v) is 5.83. The first-order valence-corrected chi connectivity index (χ1v) is 11.5. The zero-order chi connectivity index (χ0) is 23.3. The minimum atomic E-state index is -0.938. The normalized spacial score (nSPS) is 11.6. The molecule has 0 saturated carbocycles. The van der Waals surface area contributed by atoms with Gasteiger partial charge < -0.3 is 5.11 Å². The molecule has 0 saturated heterocycles. The second-order valence-electron chi connectivity index (χ2n) is 9.39. The summed E-state index contributed by atoms with van der Waals surface area (Å²) in [4.78, 5) is 24.7. The second-order valence-corrected chi connectivity index (χ2v) is 9.39. The van der Waals surface area contributed by atoms with Crippen molar-refractivity contribution in [1.29, 1.82) is 0 Å². The molecule has 3 aromatic rings. The number of hydrogen-bond donors (Lipinski definition) is 1. The van der Waals surface area contributed by atoms with Crippen molar-refractivity contribution in [2.75, 3.05) is 0 Å². The third-order valence-electron chi connectivity index (χ3n) is 5.83. The first kappa shape index (κ1) is 23.6. The van der Waals surface area contributed by atoms with Gasteiger partial charge in [0.25, 0.3) is 0 Å². The Morgan fingerprint density at radius 2 is 1.66 bits per heavy atom. The standard InChI is InChI=1S/C27H34N2O3/c1-5-6-7-8-11-22-19-29(27(2,3)4)26(32)28(22)18-20-14-16-21(17-15-20)23-12-9-10-13-24(23)25(30)31/h9-10,12-17,19H,5-8,11,18H2,1-4H3,(H,30,31). The Bertz CT molecular complexity index is 1120. The Labute approximate surface area is 190 Å². The minimum Gasteiger partial charge on any atom is -0.478 e. The number of benzene rings is 2. The van der Waals surface area contributed by atoms with E-state index in [0.29, 0.717) is 12.1 Å². The van der Waals surface area contributed by atoms with Crippen LogP contribution in [0.25, 0.3) is 11.1 Å². The lowest BCUT2D eigenvalue weighted by molar-refractivity contribution is 0.0697. The summed E-state index contributed by atoms with van der Waals surface area (Å²) < 4.78 is 3.72. The third kappa shape index (κ3) is 5.39. The molecule has 0 spiro atoms. The molecule has 0 radical (unpaired) electrons. The van der Waals surface area contributed by atoms with Gasteiger partial charge in [0.2, 0.25) is 0 Å². The van der Waals surface area contributed by atoms with Gasteiger partial charge in [0.05, 0.1) is 12.1 Å². The molecule has 1 aromatic heterocycles. The van der Waals surface area contributed by atoms with Crippen LogP contribution in [-0.4, -0.2) is 20.2 Å². The summed E-state index contributed by atoms with van der Waals surface area (Å²) in [5.41, 5.74) is 3.67. The van der Waals surface area contributed by atoms with Gasteiger partial charge in [-0.1, -0.05) is 68.7 Å². The van der Waals surface area contributed by atoms with Gasteiger partial charge in [0.15, 0.2) is 0 Å². The average molecular weight is 435 g/mol. The lowest BCUT2D eigenvalue weighted by Gasteiger charge is -2.19. The number of hydrogen-bond acceptors (Lipinski definition) is 2. The number of imidazole rings is 1. The molecule has 1 N–H and O–H groups in total. The zero-order valence-corrected chi connectivity index (χ0v) is 19.6. The molecule has 5 nitrogen and oxygen atoms in total. The number of aryl methyl sites for hydroxylation is 1. The number of aromatic carboxylic acids is 1. The molecule has 3 rings (SSSR count). The maximum Gasteiger partial charge on any atom is 0.336 e. The molecule has 0 aliphatic rings. The highest BCUT2D eigenvalue weighted by Crippen LogP contribution is 2.24. The van der Waals surface area contributed by atoms with E-state index in [1.165, 1.54) is 19.3 Å². The molecule has 0 amide bonds. The molecule has 32 heavy (non-hydrogen) atoms. The molecule has 0 atom stereocenters. The Balaban J connectivity index is 1.89. The van der Waals surface area contributed by atoms with Crippen molar-refractivity contribution in [1.82, 2.24) is 9.13 Å². The van der Waals surface area contributed by atoms with E-state index >= 15 is 0 Å². The van der Waals surface area contributed by atoms with Crippen LogP contribution in [0.3, 0.4) is 0 Å². The Morgan fingerprint density at radius 1 is 0.969 bits per heavy atom. The van der Waals surface area contributed by atoms with Crippen molar-refractivity contribution in [3.05, 3.63) is 82.0 Å². The number of carbonyl (C=O) groups is 1. The zero-order valence-electron chi connectivity index (χ0n) is 19.6. The molecule has 0 bridgehead atoms. The molecule has 1 heterocycles. The van der Waals surface area contributed by atoms with Crippen molar-refractivity contribution < 1.29 is 9.90 Å². The molecule has 0 aliphatic heterocycles. The summed E-state index contributed by atoms with van der Waals surface area (Å²) in [5, 5.41) is 9.47. The van der Waals surface area contributed by atoms with Gasteiger partial charge in [-0.3, -0.25) is 9.13 Å². The summed E-state index contributed by atoms with van der Waals surface area (Å²) in [6, 6.07) is 14.8. The van der Waals surface area contributed by atoms with Crippen LogP contribution in [0.1, 0.15) is 75.0 Å². The maximum atomic E-state index is 13.2. The van der Waals surface area contributed by atoms with Crippen LogP contribution < -0.4 is 5.69 Å². The number of unbranched alkanes of at least 4 members (excludes halogenated alkanes) is 3. The number of carboxylic acid groups (broad SMARTS) is 1.